The van der Waals surface area contributed by atoms with Gasteiger partial charge in [-0.2, -0.15) is 0 Å². The van der Waals surface area contributed by atoms with E-state index in [9.17, 15) is 9.59 Å². The van der Waals surface area contributed by atoms with Gasteiger partial charge in [0.05, 0.1) is 47.0 Å². The van der Waals surface area contributed by atoms with Crippen LogP contribution in [0.5, 0.6) is 5.75 Å². The van der Waals surface area contributed by atoms with Crippen LogP contribution in [0.15, 0.2) is 24.3 Å². The average molecular weight is 386 g/mol. The third kappa shape index (κ3) is 3.37. The van der Waals surface area contributed by atoms with E-state index < -0.39 is 0 Å². The SMILES string of the molecule is COc1c(Cl)cccc1Nc1cc(CC(=O)C2CC2)nc2c1C(=O)N(C)C2. The number of fused-ring (bicyclic) bond motifs is 1. The minimum Gasteiger partial charge on any atom is -0.493 e. The van der Waals surface area contributed by atoms with Crippen LogP contribution < -0.4 is 10.1 Å². The van der Waals surface area contributed by atoms with Crippen LogP contribution in [0.2, 0.25) is 5.02 Å². The number of rotatable bonds is 6. The van der Waals surface area contributed by atoms with E-state index in [1.807, 2.05) is 6.07 Å². The molecule has 1 saturated carbocycles. The quantitative estimate of drug-likeness (QED) is 0.822. The zero-order valence-electron chi connectivity index (χ0n) is 15.2. The molecule has 27 heavy (non-hydrogen) atoms. The molecule has 0 radical (unpaired) electrons. The molecule has 0 saturated heterocycles. The summed E-state index contributed by atoms with van der Waals surface area (Å²) in [6.07, 6.45) is 2.23. The number of carbonyl (C=O) groups excluding carboxylic acids is 2. The molecule has 2 aliphatic rings. The van der Waals surface area contributed by atoms with Crippen LogP contribution in [0.4, 0.5) is 11.4 Å². The van der Waals surface area contributed by atoms with Crippen LogP contribution in [0, 0.1) is 5.92 Å². The fraction of sp³-hybridized carbons (Fsp3) is 0.350. The molecule has 2 aromatic rings. The maximum Gasteiger partial charge on any atom is 0.257 e. The van der Waals surface area contributed by atoms with E-state index >= 15 is 0 Å². The van der Waals surface area contributed by atoms with Crippen molar-refractivity contribution in [3.05, 3.63) is 46.2 Å². The van der Waals surface area contributed by atoms with Gasteiger partial charge >= 0.3 is 0 Å². The molecule has 1 fully saturated rings. The van der Waals surface area contributed by atoms with Crippen molar-refractivity contribution < 1.29 is 14.3 Å². The second kappa shape index (κ2) is 6.85. The number of methoxy groups -OCH3 is 1. The molecule has 2 heterocycles. The Kier molecular flexibility index (Phi) is 4.52. The molecule has 0 bridgehead atoms. The van der Waals surface area contributed by atoms with Gasteiger partial charge < -0.3 is 15.0 Å². The van der Waals surface area contributed by atoms with Crippen molar-refractivity contribution in [1.82, 2.24) is 9.88 Å². The van der Waals surface area contributed by atoms with Crippen LogP contribution in [-0.4, -0.2) is 35.7 Å². The Morgan fingerprint density at radius 2 is 2.15 bits per heavy atom. The highest BCUT2D eigenvalue weighted by Gasteiger charge is 2.32. The maximum atomic E-state index is 12.6. The van der Waals surface area contributed by atoms with Gasteiger partial charge in [-0.25, -0.2) is 0 Å². The molecule has 6 nitrogen and oxygen atoms in total. The lowest BCUT2D eigenvalue weighted by Crippen LogP contribution is -2.18. The molecule has 140 valence electrons. The third-order valence-electron chi connectivity index (χ3n) is 4.92. The Labute approximate surface area is 162 Å². The standard InChI is InChI=1S/C20H20ClN3O3/c1-24-10-16-18(20(24)26)15(8-12(22-16)9-17(25)11-6-7-11)23-14-5-3-4-13(21)19(14)27-2/h3-5,8,11H,6-7,9-10H2,1-2H3,(H,22,23). The third-order valence-corrected chi connectivity index (χ3v) is 5.22. The van der Waals surface area contributed by atoms with Crippen LogP contribution in [-0.2, 0) is 17.8 Å². The van der Waals surface area contributed by atoms with Gasteiger partial charge in [0.25, 0.3) is 5.91 Å². The van der Waals surface area contributed by atoms with Crippen molar-refractivity contribution in [2.45, 2.75) is 25.8 Å². The van der Waals surface area contributed by atoms with E-state index in [1.165, 1.54) is 0 Å². The normalized spacial score (nSPS) is 15.7. The molecule has 1 amide bonds. The van der Waals surface area contributed by atoms with Gasteiger partial charge in [-0.1, -0.05) is 17.7 Å². The number of aromatic nitrogens is 1. The molecule has 1 aromatic heterocycles. The molecule has 1 aliphatic heterocycles. The zero-order chi connectivity index (χ0) is 19.1. The van der Waals surface area contributed by atoms with Gasteiger partial charge in [-0.3, -0.25) is 14.6 Å². The van der Waals surface area contributed by atoms with Gasteiger partial charge in [0.2, 0.25) is 0 Å². The first-order chi connectivity index (χ1) is 13.0. The summed E-state index contributed by atoms with van der Waals surface area (Å²) in [6, 6.07) is 7.16. The van der Waals surface area contributed by atoms with Crippen LogP contribution in [0.1, 0.15) is 34.6 Å². The van der Waals surface area contributed by atoms with Crippen molar-refractivity contribution in [3.63, 3.8) is 0 Å². The van der Waals surface area contributed by atoms with Crippen molar-refractivity contribution in [1.29, 1.82) is 0 Å². The van der Waals surface area contributed by atoms with Crippen molar-refractivity contribution in [2.24, 2.45) is 5.92 Å². The highest BCUT2D eigenvalue weighted by atomic mass is 35.5. The lowest BCUT2D eigenvalue weighted by molar-refractivity contribution is -0.119. The Morgan fingerprint density at radius 1 is 1.37 bits per heavy atom. The number of amides is 1. The monoisotopic (exact) mass is 385 g/mol. The van der Waals surface area contributed by atoms with Crippen LogP contribution >= 0.6 is 11.6 Å². The number of hydrogen-bond acceptors (Lipinski definition) is 5. The summed E-state index contributed by atoms with van der Waals surface area (Å²) in [5.41, 5.74) is 3.17. The average Bonchev–Trinajstić information content (AvgIpc) is 3.42. The number of Topliss-reactive ketones (excluding diaryl/α,β-unsaturated/α-hetero) is 1. The molecule has 0 unspecified atom stereocenters. The molecule has 7 heteroatoms. The summed E-state index contributed by atoms with van der Waals surface area (Å²) < 4.78 is 5.39. The second-order valence-corrected chi connectivity index (χ2v) is 7.41. The van der Waals surface area contributed by atoms with Gasteiger partial charge in [-0.15, -0.1) is 0 Å². The highest BCUT2D eigenvalue weighted by molar-refractivity contribution is 6.32. The number of ketones is 1. The summed E-state index contributed by atoms with van der Waals surface area (Å²) in [6.45, 7) is 0.432. The number of halogens is 1. The summed E-state index contributed by atoms with van der Waals surface area (Å²) in [4.78, 5) is 31.0. The molecular formula is C20H20ClN3O3. The first-order valence-corrected chi connectivity index (χ1v) is 9.26. The van der Waals surface area contributed by atoms with E-state index in [4.69, 9.17) is 16.3 Å². The number of benzene rings is 1. The predicted octanol–water partition coefficient (Wildman–Crippen LogP) is 3.59. The van der Waals surface area contributed by atoms with Crippen LogP contribution in [0.25, 0.3) is 0 Å². The molecule has 0 atom stereocenters. The van der Waals surface area contributed by atoms with Crippen molar-refractivity contribution in [2.75, 3.05) is 19.5 Å². The van der Waals surface area contributed by atoms with Gasteiger partial charge in [0.1, 0.15) is 5.78 Å². The lowest BCUT2D eigenvalue weighted by atomic mass is 10.1. The molecule has 4 rings (SSSR count). The molecule has 0 spiro atoms. The number of nitrogens with zero attached hydrogens (tertiary/aromatic N) is 2. The largest absolute Gasteiger partial charge is 0.493 e. The van der Waals surface area contributed by atoms with Gasteiger partial charge in [0.15, 0.2) is 5.75 Å². The number of nitrogens with one attached hydrogen (secondary N) is 1. The van der Waals surface area contributed by atoms with E-state index in [1.54, 1.807) is 37.3 Å². The van der Waals surface area contributed by atoms with E-state index in [2.05, 4.69) is 10.3 Å². The second-order valence-electron chi connectivity index (χ2n) is 7.01. The predicted molar refractivity (Wildman–Crippen MR) is 103 cm³/mol. The molecular weight excluding hydrogens is 366 g/mol. The first-order valence-electron chi connectivity index (χ1n) is 8.88. The molecule has 1 aliphatic carbocycles. The number of ether oxygens (including phenoxy) is 1. The fourth-order valence-corrected chi connectivity index (χ4v) is 3.62. The zero-order valence-corrected chi connectivity index (χ0v) is 16.0. The Hall–Kier alpha value is -2.60. The lowest BCUT2D eigenvalue weighted by Gasteiger charge is -2.15. The summed E-state index contributed by atoms with van der Waals surface area (Å²) in [5, 5.41) is 3.74. The summed E-state index contributed by atoms with van der Waals surface area (Å²) >= 11 is 6.21. The Balaban J connectivity index is 1.74. The van der Waals surface area contributed by atoms with Crippen LogP contribution in [0.3, 0.4) is 0 Å². The van der Waals surface area contributed by atoms with Gasteiger partial charge in [-0.05, 0) is 31.0 Å². The summed E-state index contributed by atoms with van der Waals surface area (Å²) in [5.74, 6) is 0.792. The number of anilines is 2. The number of pyridine rings is 1. The minimum absolute atomic E-state index is 0.0962. The fourth-order valence-electron chi connectivity index (χ4n) is 3.37. The van der Waals surface area contributed by atoms with E-state index in [0.29, 0.717) is 45.6 Å². The van der Waals surface area contributed by atoms with E-state index in [0.717, 1.165) is 12.8 Å². The maximum absolute atomic E-state index is 12.6. The molecule has 1 aromatic carbocycles. The van der Waals surface area contributed by atoms with Crippen molar-refractivity contribution in [3.8, 4) is 5.75 Å². The summed E-state index contributed by atoms with van der Waals surface area (Å²) in [7, 11) is 3.28. The number of para-hydroxylation sites is 1. The molecule has 1 N–H and O–H groups in total. The Morgan fingerprint density at radius 3 is 2.85 bits per heavy atom. The Bertz CT molecular complexity index is 940. The number of hydrogen-bond donors (Lipinski definition) is 1. The minimum atomic E-state index is -0.0962. The smallest absolute Gasteiger partial charge is 0.257 e. The van der Waals surface area contributed by atoms with E-state index in [-0.39, 0.29) is 24.0 Å². The topological polar surface area (TPSA) is 71.5 Å². The number of carbonyl (C=O) groups is 2. The van der Waals surface area contributed by atoms with Gasteiger partial charge in [0, 0.05) is 19.4 Å². The first kappa shape index (κ1) is 17.8. The highest BCUT2D eigenvalue weighted by Crippen LogP contribution is 2.37. The van der Waals surface area contributed by atoms with Crippen molar-refractivity contribution >= 4 is 34.7 Å².